The summed E-state index contributed by atoms with van der Waals surface area (Å²) in [7, 11) is -1.16. The van der Waals surface area contributed by atoms with Gasteiger partial charge in [-0.25, -0.2) is 0 Å². The van der Waals surface area contributed by atoms with E-state index >= 15 is 0 Å². The fourth-order valence-corrected chi connectivity index (χ4v) is 4.93. The molecule has 0 amide bonds. The van der Waals surface area contributed by atoms with E-state index in [-0.39, 0.29) is 0 Å². The van der Waals surface area contributed by atoms with Gasteiger partial charge in [0, 0.05) is 0 Å². The number of nitriles is 2. The second kappa shape index (κ2) is 6.56. The van der Waals surface area contributed by atoms with Gasteiger partial charge in [-0.2, -0.15) is 14.8 Å². The van der Waals surface area contributed by atoms with Crippen LogP contribution in [0.1, 0.15) is 33.6 Å². The SMILES string of the molecule is CCCS(CC)(CCC)N(C#N)C#N. The average Bonchev–Trinajstić information content (AvgIpc) is 2.20. The molecule has 0 spiro atoms. The summed E-state index contributed by atoms with van der Waals surface area (Å²) in [6.45, 7) is 6.31. The van der Waals surface area contributed by atoms with Crippen LogP contribution >= 0.6 is 10.2 Å². The van der Waals surface area contributed by atoms with Crippen LogP contribution in [0.25, 0.3) is 0 Å². The van der Waals surface area contributed by atoms with Gasteiger partial charge >= 0.3 is 0 Å². The third kappa shape index (κ3) is 2.82. The Hall–Kier alpha value is -0.870. The van der Waals surface area contributed by atoms with Crippen molar-refractivity contribution in [3.8, 4) is 12.4 Å². The minimum absolute atomic E-state index is 0.940. The summed E-state index contributed by atoms with van der Waals surface area (Å²) in [6.07, 6.45) is 6.13. The third-order valence-electron chi connectivity index (χ3n) is 2.27. The van der Waals surface area contributed by atoms with Gasteiger partial charge in [0.15, 0.2) is 0 Å². The molecule has 80 valence electrons. The molecule has 0 heterocycles. The third-order valence-corrected chi connectivity index (χ3v) is 6.62. The van der Waals surface area contributed by atoms with Crippen molar-refractivity contribution in [2.75, 3.05) is 17.3 Å². The molecular formula is C10H19N3S. The molecule has 0 aromatic heterocycles. The van der Waals surface area contributed by atoms with E-state index in [4.69, 9.17) is 10.5 Å². The molecule has 4 heteroatoms. The highest BCUT2D eigenvalue weighted by Gasteiger charge is 2.27. The van der Waals surface area contributed by atoms with Crippen molar-refractivity contribution < 1.29 is 0 Å². The van der Waals surface area contributed by atoms with E-state index in [1.165, 1.54) is 4.31 Å². The first kappa shape index (κ1) is 13.1. The minimum atomic E-state index is -1.16. The van der Waals surface area contributed by atoms with E-state index in [9.17, 15) is 0 Å². The average molecular weight is 213 g/mol. The fraction of sp³-hybridized carbons (Fsp3) is 0.800. The molecule has 0 bridgehead atoms. The molecule has 0 N–H and O–H groups in total. The Morgan fingerprint density at radius 3 is 1.64 bits per heavy atom. The van der Waals surface area contributed by atoms with Crippen molar-refractivity contribution in [2.45, 2.75) is 33.6 Å². The molecule has 0 saturated heterocycles. The number of nitrogens with zero attached hydrogens (tertiary/aromatic N) is 3. The maximum absolute atomic E-state index is 8.92. The molecule has 0 aliphatic rings. The lowest BCUT2D eigenvalue weighted by atomic mass is 10.6. The van der Waals surface area contributed by atoms with Crippen molar-refractivity contribution in [1.29, 1.82) is 10.5 Å². The summed E-state index contributed by atoms with van der Waals surface area (Å²) in [5.41, 5.74) is 0. The van der Waals surface area contributed by atoms with Gasteiger partial charge in [-0.3, -0.25) is 0 Å². The molecule has 3 nitrogen and oxygen atoms in total. The Balaban J connectivity index is 4.83. The Morgan fingerprint density at radius 2 is 1.43 bits per heavy atom. The van der Waals surface area contributed by atoms with Gasteiger partial charge in [0.1, 0.15) is 0 Å². The molecule has 0 fully saturated rings. The zero-order chi connectivity index (χ0) is 11.0. The molecule has 0 rings (SSSR count). The summed E-state index contributed by atoms with van der Waals surface area (Å²) in [5.74, 6) is 2.94. The Labute approximate surface area is 88.8 Å². The first-order chi connectivity index (χ1) is 6.70. The van der Waals surface area contributed by atoms with Crippen LogP contribution < -0.4 is 0 Å². The van der Waals surface area contributed by atoms with E-state index < -0.39 is 10.2 Å². The zero-order valence-electron chi connectivity index (χ0n) is 9.29. The van der Waals surface area contributed by atoms with E-state index in [1.54, 1.807) is 0 Å². The topological polar surface area (TPSA) is 50.8 Å². The van der Waals surface area contributed by atoms with Crippen LogP contribution in [-0.4, -0.2) is 21.6 Å². The molecular weight excluding hydrogens is 194 g/mol. The van der Waals surface area contributed by atoms with Gasteiger partial charge in [-0.15, -0.1) is 10.2 Å². The Morgan fingerprint density at radius 1 is 1.00 bits per heavy atom. The summed E-state index contributed by atoms with van der Waals surface area (Å²) in [5, 5.41) is 17.8. The summed E-state index contributed by atoms with van der Waals surface area (Å²) < 4.78 is 1.36. The first-order valence-electron chi connectivity index (χ1n) is 5.06. The molecule has 0 aliphatic carbocycles. The highest BCUT2D eigenvalue weighted by Crippen LogP contribution is 2.51. The molecule has 0 aromatic rings. The first-order valence-corrected chi connectivity index (χ1v) is 7.16. The monoisotopic (exact) mass is 213 g/mol. The van der Waals surface area contributed by atoms with Gasteiger partial charge in [0.25, 0.3) is 0 Å². The maximum atomic E-state index is 8.92. The van der Waals surface area contributed by atoms with E-state index in [1.807, 2.05) is 12.4 Å². The number of hydrogen-bond donors (Lipinski definition) is 0. The molecule has 0 aromatic carbocycles. The van der Waals surface area contributed by atoms with Crippen molar-refractivity contribution in [2.24, 2.45) is 0 Å². The van der Waals surface area contributed by atoms with Crippen LogP contribution in [0.15, 0.2) is 0 Å². The van der Waals surface area contributed by atoms with Crippen LogP contribution in [0.2, 0.25) is 0 Å². The van der Waals surface area contributed by atoms with Gasteiger partial charge < -0.3 is 0 Å². The highest BCUT2D eigenvalue weighted by molar-refractivity contribution is 8.32. The summed E-state index contributed by atoms with van der Waals surface area (Å²) in [4.78, 5) is 0. The van der Waals surface area contributed by atoms with Crippen LogP contribution in [-0.2, 0) is 0 Å². The van der Waals surface area contributed by atoms with Crippen LogP contribution in [0.3, 0.4) is 0 Å². The van der Waals surface area contributed by atoms with Gasteiger partial charge in [0.2, 0.25) is 12.4 Å². The Kier molecular flexibility index (Phi) is 6.16. The van der Waals surface area contributed by atoms with Gasteiger partial charge in [-0.1, -0.05) is 20.8 Å². The molecule has 0 unspecified atom stereocenters. The molecule has 0 saturated carbocycles. The molecule has 0 aliphatic heterocycles. The summed E-state index contributed by atoms with van der Waals surface area (Å²) in [6, 6.07) is 0. The molecule has 0 radical (unpaired) electrons. The van der Waals surface area contributed by atoms with Crippen molar-refractivity contribution in [1.82, 2.24) is 4.31 Å². The second-order valence-corrected chi connectivity index (χ2v) is 6.95. The van der Waals surface area contributed by atoms with E-state index in [2.05, 4.69) is 20.8 Å². The normalized spacial score (nSPS) is 11.5. The Bertz CT molecular complexity index is 219. The van der Waals surface area contributed by atoms with Crippen molar-refractivity contribution in [3.05, 3.63) is 0 Å². The lowest BCUT2D eigenvalue weighted by molar-refractivity contribution is 0.839. The molecule has 14 heavy (non-hydrogen) atoms. The lowest BCUT2D eigenvalue weighted by Gasteiger charge is -2.41. The highest BCUT2D eigenvalue weighted by atomic mass is 32.3. The number of rotatable bonds is 6. The van der Waals surface area contributed by atoms with Crippen molar-refractivity contribution >= 4 is 10.2 Å². The smallest absolute Gasteiger partial charge is 0.174 e. The zero-order valence-corrected chi connectivity index (χ0v) is 10.1. The van der Waals surface area contributed by atoms with E-state index in [0.29, 0.717) is 0 Å². The summed E-state index contributed by atoms with van der Waals surface area (Å²) >= 11 is 0. The lowest BCUT2D eigenvalue weighted by Crippen LogP contribution is -2.26. The largest absolute Gasteiger partial charge is 0.203 e. The van der Waals surface area contributed by atoms with Gasteiger partial charge in [0.05, 0.1) is 0 Å². The van der Waals surface area contributed by atoms with Crippen LogP contribution in [0, 0.1) is 22.9 Å². The van der Waals surface area contributed by atoms with Gasteiger partial charge in [-0.05, 0) is 30.1 Å². The van der Waals surface area contributed by atoms with E-state index in [0.717, 1.165) is 30.1 Å². The maximum Gasteiger partial charge on any atom is 0.203 e. The standard InChI is InChI=1S/C10H19N3S/c1-4-7-14(6-3,8-5-2)13(9-11)10-12/h4-8H2,1-3H3. The van der Waals surface area contributed by atoms with Crippen LogP contribution in [0.4, 0.5) is 0 Å². The predicted octanol–water partition coefficient (Wildman–Crippen LogP) is 2.81. The predicted molar refractivity (Wildman–Crippen MR) is 61.5 cm³/mol. The quantitative estimate of drug-likeness (QED) is 0.503. The van der Waals surface area contributed by atoms with Crippen molar-refractivity contribution in [3.63, 3.8) is 0 Å². The fourth-order valence-electron chi connectivity index (χ4n) is 1.66. The second-order valence-electron chi connectivity index (χ2n) is 3.19. The van der Waals surface area contributed by atoms with Crippen LogP contribution in [0.5, 0.6) is 0 Å². The minimum Gasteiger partial charge on any atom is -0.174 e. The molecule has 0 atom stereocenters. The number of hydrogen-bond acceptors (Lipinski definition) is 3.